The van der Waals surface area contributed by atoms with E-state index in [9.17, 15) is 13.6 Å². The van der Waals surface area contributed by atoms with Crippen molar-refractivity contribution < 1.29 is 18.3 Å². The van der Waals surface area contributed by atoms with Crippen LogP contribution in [0.15, 0.2) is 10.7 Å². The molecule has 0 unspecified atom stereocenters. The number of nitriles is 1. The smallest absolute Gasteiger partial charge is 0.310 e. The lowest BCUT2D eigenvalue weighted by atomic mass is 10.0. The summed E-state index contributed by atoms with van der Waals surface area (Å²) in [7, 11) is 1.18. The zero-order valence-electron chi connectivity index (χ0n) is 8.71. The van der Waals surface area contributed by atoms with Crippen molar-refractivity contribution in [2.24, 2.45) is 0 Å². The molecule has 1 aromatic heterocycles. The van der Waals surface area contributed by atoms with Gasteiger partial charge in [-0.3, -0.25) is 4.79 Å². The van der Waals surface area contributed by atoms with Crippen LogP contribution in [0, 0.1) is 11.3 Å². The van der Waals surface area contributed by atoms with Crippen molar-refractivity contribution in [3.05, 3.63) is 27.5 Å². The topological polar surface area (TPSA) is 63.0 Å². The fourth-order valence-corrected chi connectivity index (χ4v) is 1.71. The second-order valence-electron chi connectivity index (χ2n) is 3.03. The van der Waals surface area contributed by atoms with Gasteiger partial charge in [0.15, 0.2) is 0 Å². The quantitative estimate of drug-likeness (QED) is 0.635. The number of halogens is 3. The highest BCUT2D eigenvalue weighted by molar-refractivity contribution is 9.10. The molecule has 17 heavy (non-hydrogen) atoms. The van der Waals surface area contributed by atoms with E-state index in [1.54, 1.807) is 6.07 Å². The molecule has 1 rings (SSSR count). The van der Waals surface area contributed by atoms with Gasteiger partial charge >= 0.3 is 5.97 Å². The summed E-state index contributed by atoms with van der Waals surface area (Å²) < 4.78 is 29.9. The van der Waals surface area contributed by atoms with Gasteiger partial charge in [-0.1, -0.05) is 0 Å². The molecule has 0 amide bonds. The molecule has 0 aliphatic heterocycles. The third-order valence-electron chi connectivity index (χ3n) is 1.98. The molecule has 0 saturated heterocycles. The molecule has 1 aromatic rings. The molecule has 0 aliphatic carbocycles. The molecule has 4 nitrogen and oxygen atoms in total. The molecule has 0 radical (unpaired) electrons. The maximum absolute atomic E-state index is 12.6. The van der Waals surface area contributed by atoms with E-state index in [1.165, 1.54) is 13.2 Å². The summed E-state index contributed by atoms with van der Waals surface area (Å²) in [5, 5.41) is 8.83. The van der Waals surface area contributed by atoms with Gasteiger partial charge in [-0.25, -0.2) is 13.8 Å². The first-order valence-corrected chi connectivity index (χ1v) is 5.23. The van der Waals surface area contributed by atoms with Crippen LogP contribution >= 0.6 is 15.9 Å². The Hall–Kier alpha value is -1.55. The van der Waals surface area contributed by atoms with Crippen molar-refractivity contribution in [3.8, 4) is 6.07 Å². The summed E-state index contributed by atoms with van der Waals surface area (Å²) in [5.41, 5.74) is -0.758. The van der Waals surface area contributed by atoms with Crippen LogP contribution in [-0.2, 0) is 16.0 Å². The van der Waals surface area contributed by atoms with Gasteiger partial charge in [0, 0.05) is 0 Å². The predicted molar refractivity (Wildman–Crippen MR) is 57.3 cm³/mol. The predicted octanol–water partition coefficient (Wildman–Crippen LogP) is 2.37. The van der Waals surface area contributed by atoms with E-state index in [2.05, 4.69) is 25.7 Å². The monoisotopic (exact) mass is 304 g/mol. The minimum atomic E-state index is -2.88. The third-order valence-corrected chi connectivity index (χ3v) is 2.39. The Bertz CT molecular complexity index is 486. The Labute approximate surface area is 104 Å². The van der Waals surface area contributed by atoms with Crippen LogP contribution in [0.1, 0.15) is 23.2 Å². The Morgan fingerprint density at radius 2 is 2.35 bits per heavy atom. The maximum atomic E-state index is 12.6. The first kappa shape index (κ1) is 13.5. The van der Waals surface area contributed by atoms with Crippen molar-refractivity contribution in [2.75, 3.05) is 7.11 Å². The van der Waals surface area contributed by atoms with Gasteiger partial charge in [0.2, 0.25) is 0 Å². The van der Waals surface area contributed by atoms with Crippen molar-refractivity contribution in [1.29, 1.82) is 5.26 Å². The van der Waals surface area contributed by atoms with E-state index in [0.29, 0.717) is 0 Å². The van der Waals surface area contributed by atoms with Gasteiger partial charge in [0.05, 0.1) is 19.1 Å². The number of hydrogen-bond donors (Lipinski definition) is 0. The zero-order valence-corrected chi connectivity index (χ0v) is 10.3. The lowest BCUT2D eigenvalue weighted by Gasteiger charge is -2.08. The minimum absolute atomic E-state index is 0.144. The number of pyridine rings is 1. The van der Waals surface area contributed by atoms with E-state index in [-0.39, 0.29) is 22.2 Å². The van der Waals surface area contributed by atoms with E-state index in [0.717, 1.165) is 0 Å². The maximum Gasteiger partial charge on any atom is 0.310 e. The number of ether oxygens (including phenoxy) is 1. The third kappa shape index (κ3) is 3.20. The number of aromatic nitrogens is 1. The highest BCUT2D eigenvalue weighted by Gasteiger charge is 2.20. The molecular formula is C10H7BrF2N2O2. The zero-order chi connectivity index (χ0) is 13.0. The molecule has 0 aromatic carbocycles. The van der Waals surface area contributed by atoms with E-state index in [4.69, 9.17) is 5.26 Å². The van der Waals surface area contributed by atoms with Gasteiger partial charge in [0.1, 0.15) is 16.4 Å². The van der Waals surface area contributed by atoms with Crippen LogP contribution in [0.25, 0.3) is 0 Å². The van der Waals surface area contributed by atoms with Gasteiger partial charge in [-0.05, 0) is 27.6 Å². The Kier molecular flexibility index (Phi) is 4.52. The summed E-state index contributed by atoms with van der Waals surface area (Å²) in [5.74, 6) is -0.611. The van der Waals surface area contributed by atoms with E-state index in [1.807, 2.05) is 0 Å². The van der Waals surface area contributed by atoms with Crippen LogP contribution in [-0.4, -0.2) is 18.1 Å². The van der Waals surface area contributed by atoms with Crippen LogP contribution in [0.4, 0.5) is 8.78 Å². The van der Waals surface area contributed by atoms with Crippen molar-refractivity contribution in [1.82, 2.24) is 4.98 Å². The van der Waals surface area contributed by atoms with Crippen LogP contribution in [0.2, 0.25) is 0 Å². The SMILES string of the molecule is COC(=O)Cc1cc(Br)nc(C(F)F)c1C#N. The molecule has 90 valence electrons. The fraction of sp³-hybridized carbons (Fsp3) is 0.300. The highest BCUT2D eigenvalue weighted by atomic mass is 79.9. The first-order chi connectivity index (χ1) is 7.99. The van der Waals surface area contributed by atoms with E-state index >= 15 is 0 Å². The number of rotatable bonds is 3. The Morgan fingerprint density at radius 1 is 1.71 bits per heavy atom. The number of esters is 1. The second-order valence-corrected chi connectivity index (χ2v) is 3.84. The molecule has 0 N–H and O–H groups in total. The molecule has 0 spiro atoms. The van der Waals surface area contributed by atoms with E-state index < -0.39 is 18.1 Å². The van der Waals surface area contributed by atoms with Gasteiger partial charge in [-0.15, -0.1) is 0 Å². The van der Waals surface area contributed by atoms with Crippen molar-refractivity contribution >= 4 is 21.9 Å². The van der Waals surface area contributed by atoms with Crippen molar-refractivity contribution in [3.63, 3.8) is 0 Å². The molecule has 0 saturated carbocycles. The second kappa shape index (κ2) is 5.68. The van der Waals surface area contributed by atoms with Gasteiger partial charge < -0.3 is 4.74 Å². The summed E-state index contributed by atoms with van der Waals surface area (Å²) in [6, 6.07) is 2.98. The molecule has 0 bridgehead atoms. The summed E-state index contributed by atoms with van der Waals surface area (Å²) in [6.07, 6.45) is -3.13. The highest BCUT2D eigenvalue weighted by Crippen LogP contribution is 2.26. The van der Waals surface area contributed by atoms with Gasteiger partial charge in [0.25, 0.3) is 6.43 Å². The van der Waals surface area contributed by atoms with Crippen LogP contribution < -0.4 is 0 Å². The summed E-state index contributed by atoms with van der Waals surface area (Å²) >= 11 is 2.95. The molecular weight excluding hydrogens is 298 g/mol. The Balaban J connectivity index is 3.29. The van der Waals surface area contributed by atoms with Crippen LogP contribution in [0.3, 0.4) is 0 Å². The number of nitrogens with zero attached hydrogens (tertiary/aromatic N) is 2. The average molecular weight is 305 g/mol. The molecule has 0 aliphatic rings. The first-order valence-electron chi connectivity index (χ1n) is 4.44. The molecule has 0 fully saturated rings. The standard InChI is InChI=1S/C10H7BrF2N2O2/c1-17-8(16)3-5-2-7(11)15-9(10(12)13)6(5)4-14/h2,10H,3H2,1H3. The van der Waals surface area contributed by atoms with Crippen molar-refractivity contribution in [2.45, 2.75) is 12.8 Å². The van der Waals surface area contributed by atoms with Crippen LogP contribution in [0.5, 0.6) is 0 Å². The van der Waals surface area contributed by atoms with Gasteiger partial charge in [-0.2, -0.15) is 5.26 Å². The minimum Gasteiger partial charge on any atom is -0.469 e. The number of carbonyl (C=O) groups excluding carboxylic acids is 1. The lowest BCUT2D eigenvalue weighted by molar-refractivity contribution is -0.139. The molecule has 1 heterocycles. The Morgan fingerprint density at radius 3 is 2.82 bits per heavy atom. The normalized spacial score (nSPS) is 10.1. The number of carbonyl (C=O) groups is 1. The number of hydrogen-bond acceptors (Lipinski definition) is 4. The summed E-state index contributed by atoms with van der Waals surface area (Å²) in [6.45, 7) is 0. The number of alkyl halides is 2. The molecule has 7 heteroatoms. The largest absolute Gasteiger partial charge is 0.469 e. The fourth-order valence-electron chi connectivity index (χ4n) is 1.24. The lowest BCUT2D eigenvalue weighted by Crippen LogP contribution is -2.09. The average Bonchev–Trinajstić information content (AvgIpc) is 2.28. The molecule has 0 atom stereocenters. The number of methoxy groups -OCH3 is 1. The summed E-state index contributed by atoms with van der Waals surface area (Å²) in [4.78, 5) is 14.6.